The lowest BCUT2D eigenvalue weighted by atomic mass is 10.2. The fraction of sp³-hybridized carbons (Fsp3) is 0.278. The second-order valence-corrected chi connectivity index (χ2v) is 6.43. The third-order valence-corrected chi connectivity index (χ3v) is 4.62. The Morgan fingerprint density at radius 1 is 1.21 bits per heavy atom. The minimum absolute atomic E-state index is 0.0546. The summed E-state index contributed by atoms with van der Waals surface area (Å²) in [5, 5.41) is 7.45. The first-order valence-corrected chi connectivity index (χ1v) is 8.70. The van der Waals surface area contributed by atoms with Gasteiger partial charge in [-0.2, -0.15) is 5.10 Å². The van der Waals surface area contributed by atoms with E-state index in [1.165, 1.54) is 10.9 Å². The van der Waals surface area contributed by atoms with E-state index >= 15 is 0 Å². The van der Waals surface area contributed by atoms with E-state index in [9.17, 15) is 14.4 Å². The molecule has 1 aromatic carbocycles. The normalized spacial score (nSPS) is 11.4. The molecule has 0 aliphatic carbocycles. The lowest BCUT2D eigenvalue weighted by molar-refractivity contribution is 0.0490. The van der Waals surface area contributed by atoms with Crippen molar-refractivity contribution in [1.82, 2.24) is 28.9 Å². The number of nitrogens with one attached hydrogen (secondary N) is 1. The van der Waals surface area contributed by atoms with Crippen LogP contribution in [0.4, 0.5) is 0 Å². The molecule has 0 radical (unpaired) electrons. The number of esters is 1. The predicted octanol–water partition coefficient (Wildman–Crippen LogP) is 0.557. The molecule has 3 heterocycles. The van der Waals surface area contributed by atoms with Gasteiger partial charge in [0.05, 0.1) is 18.5 Å². The van der Waals surface area contributed by atoms with Crippen molar-refractivity contribution in [2.45, 2.75) is 13.0 Å². The largest absolute Gasteiger partial charge is 0.461 e. The molecule has 0 spiro atoms. The summed E-state index contributed by atoms with van der Waals surface area (Å²) in [6.45, 7) is 0.181. The molecule has 0 saturated carbocycles. The fourth-order valence-electron chi connectivity index (χ4n) is 3.17. The molecule has 10 nitrogen and oxygen atoms in total. The van der Waals surface area contributed by atoms with E-state index in [4.69, 9.17) is 4.74 Å². The van der Waals surface area contributed by atoms with Gasteiger partial charge >= 0.3 is 11.7 Å². The lowest BCUT2D eigenvalue weighted by Gasteiger charge is -2.09. The van der Waals surface area contributed by atoms with Crippen LogP contribution in [-0.2, 0) is 25.4 Å². The Hall–Kier alpha value is -3.69. The van der Waals surface area contributed by atoms with Crippen molar-refractivity contribution in [3.8, 4) is 0 Å². The van der Waals surface area contributed by atoms with Crippen LogP contribution in [-0.4, -0.2) is 41.5 Å². The predicted molar refractivity (Wildman–Crippen MR) is 101 cm³/mol. The van der Waals surface area contributed by atoms with Crippen LogP contribution in [0.25, 0.3) is 22.1 Å². The molecular weight excluding hydrogens is 364 g/mol. The standard InChI is InChI=1S/C18H18N6O4/c1-22-10-19-15-14(22)16(25)24(18(27)23(15)2)8-5-9-28-17(26)13-11-6-3-4-7-12(11)20-21-13/h3-4,6-7,10H,5,8-9H2,1-2H3,(H,20,21). The first-order chi connectivity index (χ1) is 13.5. The molecule has 3 aromatic heterocycles. The van der Waals surface area contributed by atoms with Crippen molar-refractivity contribution in [2.75, 3.05) is 6.61 Å². The van der Waals surface area contributed by atoms with E-state index in [0.29, 0.717) is 23.0 Å². The van der Waals surface area contributed by atoms with Gasteiger partial charge in [-0.3, -0.25) is 19.0 Å². The van der Waals surface area contributed by atoms with E-state index in [-0.39, 0.29) is 18.8 Å². The van der Waals surface area contributed by atoms with Gasteiger partial charge < -0.3 is 9.30 Å². The first-order valence-electron chi connectivity index (χ1n) is 8.70. The maximum atomic E-state index is 12.6. The van der Waals surface area contributed by atoms with E-state index < -0.39 is 17.2 Å². The van der Waals surface area contributed by atoms with Gasteiger partial charge in [-0.25, -0.2) is 14.6 Å². The summed E-state index contributed by atoms with van der Waals surface area (Å²) in [6.07, 6.45) is 1.80. The molecule has 0 bridgehead atoms. The molecule has 10 heteroatoms. The Balaban J connectivity index is 1.47. The number of rotatable bonds is 5. The van der Waals surface area contributed by atoms with E-state index in [1.807, 2.05) is 18.2 Å². The van der Waals surface area contributed by atoms with Gasteiger partial charge in [0.15, 0.2) is 16.9 Å². The minimum atomic E-state index is -0.556. The van der Waals surface area contributed by atoms with Crippen LogP contribution in [0.3, 0.4) is 0 Å². The van der Waals surface area contributed by atoms with Crippen LogP contribution in [0.15, 0.2) is 40.2 Å². The molecule has 0 saturated heterocycles. The van der Waals surface area contributed by atoms with Crippen molar-refractivity contribution in [3.63, 3.8) is 0 Å². The van der Waals surface area contributed by atoms with Crippen LogP contribution in [0.5, 0.6) is 0 Å². The molecule has 0 atom stereocenters. The number of benzene rings is 1. The molecule has 0 unspecified atom stereocenters. The number of carbonyl (C=O) groups is 1. The number of nitrogens with zero attached hydrogens (tertiary/aromatic N) is 5. The number of hydrogen-bond acceptors (Lipinski definition) is 6. The lowest BCUT2D eigenvalue weighted by Crippen LogP contribution is -2.39. The summed E-state index contributed by atoms with van der Waals surface area (Å²) in [5.41, 5.74) is 0.769. The number of hydrogen-bond donors (Lipinski definition) is 1. The zero-order valence-electron chi connectivity index (χ0n) is 15.4. The summed E-state index contributed by atoms with van der Waals surface area (Å²) in [4.78, 5) is 41.4. The number of carbonyl (C=O) groups excluding carboxylic acids is 1. The molecule has 144 valence electrons. The average molecular weight is 382 g/mol. The molecule has 28 heavy (non-hydrogen) atoms. The van der Waals surface area contributed by atoms with Gasteiger partial charge in [-0.1, -0.05) is 18.2 Å². The highest BCUT2D eigenvalue weighted by Crippen LogP contribution is 2.15. The number of fused-ring (bicyclic) bond motifs is 2. The summed E-state index contributed by atoms with van der Waals surface area (Å²) >= 11 is 0. The Morgan fingerprint density at radius 2 is 2.00 bits per heavy atom. The van der Waals surface area contributed by atoms with Crippen LogP contribution in [0.1, 0.15) is 16.9 Å². The van der Waals surface area contributed by atoms with Crippen LogP contribution in [0.2, 0.25) is 0 Å². The summed E-state index contributed by atoms with van der Waals surface area (Å²) in [6, 6.07) is 7.25. The molecule has 1 N–H and O–H groups in total. The van der Waals surface area contributed by atoms with Crippen molar-refractivity contribution >= 4 is 28.0 Å². The molecule has 4 rings (SSSR count). The summed E-state index contributed by atoms with van der Waals surface area (Å²) in [5.74, 6) is -0.556. The Kier molecular flexibility index (Phi) is 4.30. The van der Waals surface area contributed by atoms with E-state index in [0.717, 1.165) is 10.1 Å². The van der Waals surface area contributed by atoms with Crippen molar-refractivity contribution in [2.24, 2.45) is 14.1 Å². The van der Waals surface area contributed by atoms with Gasteiger partial charge in [0.25, 0.3) is 5.56 Å². The highest BCUT2D eigenvalue weighted by atomic mass is 16.5. The maximum Gasteiger partial charge on any atom is 0.359 e. The minimum Gasteiger partial charge on any atom is -0.461 e. The van der Waals surface area contributed by atoms with Gasteiger partial charge in [0, 0.05) is 26.0 Å². The molecule has 4 aromatic rings. The Morgan fingerprint density at radius 3 is 2.82 bits per heavy atom. The van der Waals surface area contributed by atoms with Crippen LogP contribution in [0, 0.1) is 0 Å². The number of ether oxygens (including phenoxy) is 1. The zero-order valence-corrected chi connectivity index (χ0v) is 15.4. The average Bonchev–Trinajstić information content (AvgIpc) is 3.29. The highest BCUT2D eigenvalue weighted by molar-refractivity contribution is 6.01. The monoisotopic (exact) mass is 382 g/mol. The van der Waals surface area contributed by atoms with Gasteiger partial charge in [0.2, 0.25) is 0 Å². The van der Waals surface area contributed by atoms with Crippen LogP contribution < -0.4 is 11.2 Å². The fourth-order valence-corrected chi connectivity index (χ4v) is 3.17. The Labute approximate surface area is 158 Å². The third kappa shape index (κ3) is 2.79. The quantitative estimate of drug-likeness (QED) is 0.398. The molecule has 0 fully saturated rings. The third-order valence-electron chi connectivity index (χ3n) is 4.62. The number of H-pyrrole nitrogens is 1. The van der Waals surface area contributed by atoms with Crippen molar-refractivity contribution in [1.29, 1.82) is 0 Å². The van der Waals surface area contributed by atoms with Crippen molar-refractivity contribution in [3.05, 3.63) is 57.1 Å². The number of aromatic nitrogens is 6. The van der Waals surface area contributed by atoms with Gasteiger partial charge in [-0.05, 0) is 12.5 Å². The zero-order chi connectivity index (χ0) is 19.8. The number of aromatic amines is 1. The highest BCUT2D eigenvalue weighted by Gasteiger charge is 2.17. The Bertz CT molecular complexity index is 1310. The van der Waals surface area contributed by atoms with Crippen LogP contribution >= 0.6 is 0 Å². The second-order valence-electron chi connectivity index (χ2n) is 6.43. The summed E-state index contributed by atoms with van der Waals surface area (Å²) < 4.78 is 9.30. The van der Waals surface area contributed by atoms with E-state index in [1.54, 1.807) is 24.7 Å². The SMILES string of the molecule is Cn1cnc2c1c(=O)n(CCCOC(=O)c1n[nH]c3ccccc13)c(=O)n2C. The molecule has 0 amide bonds. The summed E-state index contributed by atoms with van der Waals surface area (Å²) in [7, 11) is 3.26. The van der Waals surface area contributed by atoms with Gasteiger partial charge in [0.1, 0.15) is 0 Å². The molecular formula is C18H18N6O4. The smallest absolute Gasteiger partial charge is 0.359 e. The van der Waals surface area contributed by atoms with Crippen molar-refractivity contribution < 1.29 is 9.53 Å². The first kappa shape index (κ1) is 17.7. The van der Waals surface area contributed by atoms with E-state index in [2.05, 4.69) is 15.2 Å². The maximum absolute atomic E-state index is 12.6. The topological polar surface area (TPSA) is 117 Å². The number of imidazole rings is 1. The number of para-hydroxylation sites is 1. The van der Waals surface area contributed by atoms with Gasteiger partial charge in [-0.15, -0.1) is 0 Å². The second kappa shape index (κ2) is 6.80. The molecule has 0 aliphatic heterocycles. The number of aryl methyl sites for hydroxylation is 2. The molecule has 0 aliphatic rings.